The lowest BCUT2D eigenvalue weighted by Crippen LogP contribution is -2.51. The third-order valence-corrected chi connectivity index (χ3v) is 4.48. The van der Waals surface area contributed by atoms with E-state index >= 15 is 0 Å². The second-order valence-corrected chi connectivity index (χ2v) is 6.38. The van der Waals surface area contributed by atoms with Gasteiger partial charge in [-0.1, -0.05) is 6.07 Å². The zero-order valence-electron chi connectivity index (χ0n) is 13.9. The maximum atomic E-state index is 12.2. The van der Waals surface area contributed by atoms with Crippen LogP contribution in [0, 0.1) is 5.92 Å². The molecule has 2 atom stereocenters. The van der Waals surface area contributed by atoms with Gasteiger partial charge in [-0.25, -0.2) is 4.98 Å². The highest BCUT2D eigenvalue weighted by molar-refractivity contribution is 5.76. The number of hydrogen-bond donors (Lipinski definition) is 3. The number of rotatable bonds is 7. The summed E-state index contributed by atoms with van der Waals surface area (Å²) in [4.78, 5) is 16.4. The number of aromatic nitrogens is 1. The van der Waals surface area contributed by atoms with E-state index in [4.69, 9.17) is 9.47 Å². The number of carbonyl (C=O) groups excluding carboxylic acids is 1. The molecule has 1 aromatic heterocycles. The Bertz CT molecular complexity index is 508. The Morgan fingerprint density at radius 3 is 3.04 bits per heavy atom. The van der Waals surface area contributed by atoms with Gasteiger partial charge in [0.15, 0.2) is 0 Å². The van der Waals surface area contributed by atoms with Gasteiger partial charge in [-0.05, 0) is 31.2 Å². The molecule has 3 rings (SSSR count). The van der Waals surface area contributed by atoms with Gasteiger partial charge in [0, 0.05) is 38.4 Å². The molecule has 1 aromatic rings. The first kappa shape index (κ1) is 17.1. The lowest BCUT2D eigenvalue weighted by molar-refractivity contribution is -0.124. The predicted molar refractivity (Wildman–Crippen MR) is 89.4 cm³/mol. The fraction of sp³-hybridized carbons (Fsp3) is 0.647. The molecule has 0 spiro atoms. The summed E-state index contributed by atoms with van der Waals surface area (Å²) in [5.74, 6) is 1.28. The van der Waals surface area contributed by atoms with Gasteiger partial charge in [0.05, 0.1) is 12.6 Å². The third kappa shape index (κ3) is 5.15. The molecular formula is C17H26N4O3. The van der Waals surface area contributed by atoms with Crippen LogP contribution in [0.3, 0.4) is 0 Å². The van der Waals surface area contributed by atoms with Crippen LogP contribution in [0.5, 0.6) is 5.88 Å². The number of nitrogens with zero attached hydrogens (tertiary/aromatic N) is 1. The standard InChI is InChI=1S/C17H26N4O3/c22-16(5-3-4-13-10-19-20-11-13)21-14-7-9-23-12-15(14)24-17-6-1-2-8-18-17/h1-2,6,8,13-15,19-20H,3-5,7,9-12H2,(H,21,22)/t14-,15-/m1/s1. The monoisotopic (exact) mass is 334 g/mol. The summed E-state index contributed by atoms with van der Waals surface area (Å²) in [6, 6.07) is 5.52. The fourth-order valence-electron chi connectivity index (χ4n) is 3.10. The van der Waals surface area contributed by atoms with Crippen molar-refractivity contribution in [2.45, 2.75) is 37.8 Å². The van der Waals surface area contributed by atoms with Crippen LogP contribution < -0.4 is 20.9 Å². The molecule has 7 heteroatoms. The van der Waals surface area contributed by atoms with Gasteiger partial charge in [0.2, 0.25) is 11.8 Å². The molecule has 2 fully saturated rings. The maximum absolute atomic E-state index is 12.2. The molecule has 0 aliphatic carbocycles. The second-order valence-electron chi connectivity index (χ2n) is 6.38. The van der Waals surface area contributed by atoms with Gasteiger partial charge in [0.25, 0.3) is 0 Å². The first-order chi connectivity index (χ1) is 11.8. The number of hydrogen-bond acceptors (Lipinski definition) is 6. The van der Waals surface area contributed by atoms with Crippen molar-refractivity contribution in [2.24, 2.45) is 5.92 Å². The highest BCUT2D eigenvalue weighted by Gasteiger charge is 2.29. The van der Waals surface area contributed by atoms with Crippen LogP contribution >= 0.6 is 0 Å². The summed E-state index contributed by atoms with van der Waals surface area (Å²) in [6.07, 6.45) is 4.80. The van der Waals surface area contributed by atoms with Crippen LogP contribution in [0.4, 0.5) is 0 Å². The van der Waals surface area contributed by atoms with Crippen LogP contribution in [0.25, 0.3) is 0 Å². The van der Waals surface area contributed by atoms with E-state index in [1.165, 1.54) is 0 Å². The molecule has 1 amide bonds. The summed E-state index contributed by atoms with van der Waals surface area (Å²) in [6.45, 7) is 3.09. The number of pyridine rings is 1. The van der Waals surface area contributed by atoms with Crippen LogP contribution in [-0.4, -0.2) is 49.3 Å². The molecule has 2 aliphatic rings. The largest absolute Gasteiger partial charge is 0.470 e. The summed E-state index contributed by atoms with van der Waals surface area (Å²) >= 11 is 0. The topological polar surface area (TPSA) is 84.5 Å². The van der Waals surface area contributed by atoms with Gasteiger partial charge >= 0.3 is 0 Å². The Kier molecular flexibility index (Phi) is 6.40. The van der Waals surface area contributed by atoms with Gasteiger partial charge < -0.3 is 14.8 Å². The minimum atomic E-state index is -0.194. The normalized spacial score (nSPS) is 24.7. The number of carbonyl (C=O) groups is 1. The quantitative estimate of drug-likeness (QED) is 0.678. The number of nitrogens with one attached hydrogen (secondary N) is 3. The van der Waals surface area contributed by atoms with Crippen molar-refractivity contribution >= 4 is 5.91 Å². The molecule has 3 heterocycles. The molecule has 24 heavy (non-hydrogen) atoms. The number of amides is 1. The minimum Gasteiger partial charge on any atom is -0.470 e. The van der Waals surface area contributed by atoms with E-state index in [-0.39, 0.29) is 18.1 Å². The van der Waals surface area contributed by atoms with Crippen molar-refractivity contribution in [3.8, 4) is 5.88 Å². The zero-order valence-corrected chi connectivity index (χ0v) is 13.9. The molecule has 0 bridgehead atoms. The van der Waals surface area contributed by atoms with Gasteiger partial charge in [-0.2, -0.15) is 0 Å². The van der Waals surface area contributed by atoms with E-state index in [1.54, 1.807) is 6.20 Å². The van der Waals surface area contributed by atoms with Gasteiger partial charge in [-0.15, -0.1) is 0 Å². The molecule has 7 nitrogen and oxygen atoms in total. The third-order valence-electron chi connectivity index (χ3n) is 4.48. The summed E-state index contributed by atoms with van der Waals surface area (Å²) in [5, 5.41) is 3.11. The van der Waals surface area contributed by atoms with Crippen molar-refractivity contribution in [2.75, 3.05) is 26.3 Å². The number of hydrazine groups is 1. The van der Waals surface area contributed by atoms with Crippen LogP contribution in [0.15, 0.2) is 24.4 Å². The Hall–Kier alpha value is -1.70. The average Bonchev–Trinajstić information content (AvgIpc) is 3.11. The van der Waals surface area contributed by atoms with E-state index < -0.39 is 0 Å². The summed E-state index contributed by atoms with van der Waals surface area (Å²) in [5.41, 5.74) is 6.24. The smallest absolute Gasteiger partial charge is 0.220 e. The van der Waals surface area contributed by atoms with Crippen LogP contribution in [0.1, 0.15) is 25.7 Å². The maximum Gasteiger partial charge on any atom is 0.220 e. The first-order valence-corrected chi connectivity index (χ1v) is 8.72. The van der Waals surface area contributed by atoms with E-state index in [2.05, 4.69) is 21.2 Å². The summed E-state index contributed by atoms with van der Waals surface area (Å²) in [7, 11) is 0. The van der Waals surface area contributed by atoms with Crippen LogP contribution in [-0.2, 0) is 9.53 Å². The number of ether oxygens (including phenoxy) is 2. The van der Waals surface area contributed by atoms with Gasteiger partial charge in [-0.3, -0.25) is 15.6 Å². The molecule has 132 valence electrons. The average molecular weight is 334 g/mol. The molecule has 0 aromatic carbocycles. The van der Waals surface area contributed by atoms with Crippen LogP contribution in [0.2, 0.25) is 0 Å². The van der Waals surface area contributed by atoms with Crippen molar-refractivity contribution < 1.29 is 14.3 Å². The SMILES string of the molecule is O=C(CCCC1CNNC1)N[C@@H]1CCOC[C@H]1Oc1ccccn1. The molecule has 3 N–H and O–H groups in total. The highest BCUT2D eigenvalue weighted by atomic mass is 16.5. The minimum absolute atomic E-state index is 0.0249. The Balaban J connectivity index is 1.43. The molecule has 0 unspecified atom stereocenters. The van der Waals surface area contributed by atoms with Crippen molar-refractivity contribution in [1.82, 2.24) is 21.2 Å². The Morgan fingerprint density at radius 2 is 2.25 bits per heavy atom. The molecule has 0 saturated carbocycles. The Labute approximate surface area is 142 Å². The lowest BCUT2D eigenvalue weighted by atomic mass is 10.0. The molecule has 2 aliphatic heterocycles. The van der Waals surface area contributed by atoms with E-state index in [0.29, 0.717) is 31.4 Å². The van der Waals surface area contributed by atoms with Crippen molar-refractivity contribution in [1.29, 1.82) is 0 Å². The lowest BCUT2D eigenvalue weighted by Gasteiger charge is -2.32. The second kappa shape index (κ2) is 8.96. The molecule has 2 saturated heterocycles. The first-order valence-electron chi connectivity index (χ1n) is 8.72. The highest BCUT2D eigenvalue weighted by Crippen LogP contribution is 2.16. The Morgan fingerprint density at radius 1 is 1.38 bits per heavy atom. The zero-order chi connectivity index (χ0) is 16.6. The van der Waals surface area contributed by atoms with Crippen molar-refractivity contribution in [3.63, 3.8) is 0 Å². The predicted octanol–water partition coefficient (Wildman–Crippen LogP) is 0.628. The summed E-state index contributed by atoms with van der Waals surface area (Å²) < 4.78 is 11.4. The molecule has 0 radical (unpaired) electrons. The van der Waals surface area contributed by atoms with E-state index in [9.17, 15) is 4.79 Å². The molecular weight excluding hydrogens is 308 g/mol. The van der Waals surface area contributed by atoms with E-state index in [1.807, 2.05) is 18.2 Å². The fourth-order valence-corrected chi connectivity index (χ4v) is 3.10. The van der Waals surface area contributed by atoms with Gasteiger partial charge in [0.1, 0.15) is 6.10 Å². The van der Waals surface area contributed by atoms with Crippen molar-refractivity contribution in [3.05, 3.63) is 24.4 Å². The van der Waals surface area contributed by atoms with E-state index in [0.717, 1.165) is 32.4 Å².